The minimum absolute atomic E-state index is 0.0751. The van der Waals surface area contributed by atoms with Crippen LogP contribution < -0.4 is 0 Å². The van der Waals surface area contributed by atoms with E-state index in [4.69, 9.17) is 0 Å². The fourth-order valence-corrected chi connectivity index (χ4v) is 2.39. The number of aryl methyl sites for hydroxylation is 1. The van der Waals surface area contributed by atoms with Gasteiger partial charge in [0.1, 0.15) is 5.82 Å². The van der Waals surface area contributed by atoms with Crippen LogP contribution in [0.3, 0.4) is 0 Å². The van der Waals surface area contributed by atoms with E-state index >= 15 is 0 Å². The summed E-state index contributed by atoms with van der Waals surface area (Å²) in [4.78, 5) is 18.0. The van der Waals surface area contributed by atoms with Gasteiger partial charge in [-0.15, -0.1) is 5.10 Å². The van der Waals surface area contributed by atoms with Crippen LogP contribution in [0.15, 0.2) is 0 Å². The first kappa shape index (κ1) is 12.1. The van der Waals surface area contributed by atoms with Gasteiger partial charge >= 0.3 is 0 Å². The molecule has 0 radical (unpaired) electrons. The number of rotatable bonds is 2. The lowest BCUT2D eigenvalue weighted by Gasteiger charge is -2.32. The average molecular weight is 236 g/mol. The second-order valence-corrected chi connectivity index (χ2v) is 5.07. The molecular formula is C12H20N4O. The molecule has 1 aliphatic carbocycles. The number of hydrogen-bond donors (Lipinski definition) is 1. The highest BCUT2D eigenvalue weighted by Gasteiger charge is 2.27. The highest BCUT2D eigenvalue weighted by atomic mass is 16.2. The van der Waals surface area contributed by atoms with Gasteiger partial charge in [-0.1, -0.05) is 6.92 Å². The zero-order chi connectivity index (χ0) is 12.4. The van der Waals surface area contributed by atoms with E-state index in [1.807, 2.05) is 7.05 Å². The smallest absolute Gasteiger partial charge is 0.293 e. The second-order valence-electron chi connectivity index (χ2n) is 5.07. The molecule has 1 aliphatic rings. The lowest BCUT2D eigenvalue weighted by atomic mass is 9.87. The molecule has 1 N–H and O–H groups in total. The Balaban J connectivity index is 2.00. The van der Waals surface area contributed by atoms with Crippen molar-refractivity contribution in [3.8, 4) is 0 Å². The molecule has 0 unspecified atom stereocenters. The molecule has 0 atom stereocenters. The first-order valence-corrected chi connectivity index (χ1v) is 6.24. The first-order chi connectivity index (χ1) is 8.08. The van der Waals surface area contributed by atoms with Crippen molar-refractivity contribution in [2.75, 3.05) is 7.05 Å². The van der Waals surface area contributed by atoms with E-state index in [-0.39, 0.29) is 11.7 Å². The van der Waals surface area contributed by atoms with Crippen LogP contribution in [0.4, 0.5) is 0 Å². The number of aromatic amines is 1. The van der Waals surface area contributed by atoms with Gasteiger partial charge in [-0.3, -0.25) is 9.89 Å². The Morgan fingerprint density at radius 1 is 1.35 bits per heavy atom. The molecule has 1 aromatic heterocycles. The van der Waals surface area contributed by atoms with Gasteiger partial charge < -0.3 is 4.90 Å². The summed E-state index contributed by atoms with van der Waals surface area (Å²) in [5.41, 5.74) is 0. The van der Waals surface area contributed by atoms with Crippen LogP contribution in [0, 0.1) is 12.8 Å². The van der Waals surface area contributed by atoms with Crippen molar-refractivity contribution in [1.82, 2.24) is 20.1 Å². The maximum atomic E-state index is 12.1. The Kier molecular flexibility index (Phi) is 3.45. The van der Waals surface area contributed by atoms with Crippen molar-refractivity contribution < 1.29 is 4.79 Å². The number of carbonyl (C=O) groups excluding carboxylic acids is 1. The highest BCUT2D eigenvalue weighted by Crippen LogP contribution is 2.26. The van der Waals surface area contributed by atoms with E-state index in [9.17, 15) is 4.79 Å². The molecule has 94 valence electrons. The Bertz CT molecular complexity index is 393. The van der Waals surface area contributed by atoms with Crippen molar-refractivity contribution in [3.63, 3.8) is 0 Å². The summed E-state index contributed by atoms with van der Waals surface area (Å²) in [6.45, 7) is 4.07. The summed E-state index contributed by atoms with van der Waals surface area (Å²) < 4.78 is 0. The molecule has 1 amide bonds. The first-order valence-electron chi connectivity index (χ1n) is 6.24. The van der Waals surface area contributed by atoms with Gasteiger partial charge in [-0.05, 0) is 38.5 Å². The van der Waals surface area contributed by atoms with Gasteiger partial charge in [-0.25, -0.2) is 4.98 Å². The maximum Gasteiger partial charge on any atom is 0.293 e. The zero-order valence-electron chi connectivity index (χ0n) is 10.7. The van der Waals surface area contributed by atoms with Crippen LogP contribution in [0.1, 0.15) is 49.1 Å². The van der Waals surface area contributed by atoms with E-state index < -0.39 is 0 Å². The normalized spacial score (nSPS) is 24.6. The molecule has 0 aromatic carbocycles. The number of nitrogens with zero attached hydrogens (tertiary/aromatic N) is 3. The molecule has 0 aliphatic heterocycles. The number of amides is 1. The van der Waals surface area contributed by atoms with E-state index in [0.29, 0.717) is 11.9 Å². The Hall–Kier alpha value is -1.39. The predicted octanol–water partition coefficient (Wildman–Crippen LogP) is 1.76. The van der Waals surface area contributed by atoms with Crippen LogP contribution in [-0.2, 0) is 0 Å². The third-order valence-electron chi connectivity index (χ3n) is 3.64. The molecule has 0 saturated heterocycles. The molecule has 1 saturated carbocycles. The summed E-state index contributed by atoms with van der Waals surface area (Å²) in [5.74, 6) is 1.68. The standard InChI is InChI=1S/C12H20N4O/c1-8-4-6-10(7-5-8)16(3)12(17)11-13-9(2)14-15-11/h8,10H,4-7H2,1-3H3,(H,13,14,15). The fourth-order valence-electron chi connectivity index (χ4n) is 2.39. The number of carbonyl (C=O) groups is 1. The minimum atomic E-state index is -0.0751. The third kappa shape index (κ3) is 2.65. The summed E-state index contributed by atoms with van der Waals surface area (Å²) >= 11 is 0. The quantitative estimate of drug-likeness (QED) is 0.851. The van der Waals surface area contributed by atoms with Crippen molar-refractivity contribution in [3.05, 3.63) is 11.6 Å². The van der Waals surface area contributed by atoms with Crippen LogP contribution in [0.5, 0.6) is 0 Å². The number of aromatic nitrogens is 3. The van der Waals surface area contributed by atoms with Crippen molar-refractivity contribution in [2.45, 2.75) is 45.6 Å². The molecule has 1 fully saturated rings. The van der Waals surface area contributed by atoms with Crippen LogP contribution in [-0.4, -0.2) is 39.1 Å². The lowest BCUT2D eigenvalue weighted by molar-refractivity contribution is 0.0667. The van der Waals surface area contributed by atoms with Gasteiger partial charge in [0.15, 0.2) is 0 Å². The molecular weight excluding hydrogens is 216 g/mol. The topological polar surface area (TPSA) is 61.9 Å². The van der Waals surface area contributed by atoms with Crippen molar-refractivity contribution in [2.24, 2.45) is 5.92 Å². The zero-order valence-corrected chi connectivity index (χ0v) is 10.7. The van der Waals surface area contributed by atoms with Crippen LogP contribution in [0.25, 0.3) is 0 Å². The van der Waals surface area contributed by atoms with Gasteiger partial charge in [0.25, 0.3) is 5.91 Å². The summed E-state index contributed by atoms with van der Waals surface area (Å²) in [7, 11) is 1.86. The van der Waals surface area contributed by atoms with E-state index in [0.717, 1.165) is 18.8 Å². The molecule has 1 heterocycles. The fraction of sp³-hybridized carbons (Fsp3) is 0.750. The molecule has 1 aromatic rings. The molecule has 5 nitrogen and oxygen atoms in total. The van der Waals surface area contributed by atoms with E-state index in [2.05, 4.69) is 22.1 Å². The van der Waals surface area contributed by atoms with Crippen LogP contribution in [0.2, 0.25) is 0 Å². The number of nitrogens with one attached hydrogen (secondary N) is 1. The largest absolute Gasteiger partial charge is 0.336 e. The molecule has 0 spiro atoms. The Morgan fingerprint density at radius 3 is 2.53 bits per heavy atom. The number of H-pyrrole nitrogens is 1. The van der Waals surface area contributed by atoms with Crippen molar-refractivity contribution >= 4 is 5.91 Å². The second kappa shape index (κ2) is 4.85. The summed E-state index contributed by atoms with van der Waals surface area (Å²) in [6.07, 6.45) is 4.59. The summed E-state index contributed by atoms with van der Waals surface area (Å²) in [6, 6.07) is 0.345. The minimum Gasteiger partial charge on any atom is -0.336 e. The molecule has 2 rings (SSSR count). The average Bonchev–Trinajstić information content (AvgIpc) is 2.75. The van der Waals surface area contributed by atoms with Gasteiger partial charge in [0.05, 0.1) is 0 Å². The third-order valence-corrected chi connectivity index (χ3v) is 3.64. The van der Waals surface area contributed by atoms with E-state index in [1.54, 1.807) is 11.8 Å². The number of hydrogen-bond acceptors (Lipinski definition) is 3. The molecule has 0 bridgehead atoms. The monoisotopic (exact) mass is 236 g/mol. The SMILES string of the molecule is Cc1nc(C(=O)N(C)C2CCC(C)CC2)n[nH]1. The van der Waals surface area contributed by atoms with E-state index in [1.165, 1.54) is 12.8 Å². The van der Waals surface area contributed by atoms with Gasteiger partial charge in [-0.2, -0.15) is 0 Å². The van der Waals surface area contributed by atoms with Crippen LogP contribution >= 0.6 is 0 Å². The summed E-state index contributed by atoms with van der Waals surface area (Å²) in [5, 5.41) is 6.63. The van der Waals surface area contributed by atoms with Crippen molar-refractivity contribution in [1.29, 1.82) is 0 Å². The highest BCUT2D eigenvalue weighted by molar-refractivity contribution is 5.90. The molecule has 17 heavy (non-hydrogen) atoms. The Labute approximate surface area is 102 Å². The predicted molar refractivity (Wildman–Crippen MR) is 64.6 cm³/mol. The lowest BCUT2D eigenvalue weighted by Crippen LogP contribution is -2.39. The molecule has 5 heteroatoms. The van der Waals surface area contributed by atoms with Gasteiger partial charge in [0, 0.05) is 13.1 Å². The van der Waals surface area contributed by atoms with Gasteiger partial charge in [0.2, 0.25) is 5.82 Å². The maximum absolute atomic E-state index is 12.1. The Morgan fingerprint density at radius 2 is 2.00 bits per heavy atom.